The summed E-state index contributed by atoms with van der Waals surface area (Å²) in [6, 6.07) is 6.06. The normalized spacial score (nSPS) is 16.1. The summed E-state index contributed by atoms with van der Waals surface area (Å²) in [6.07, 6.45) is -3.73. The maximum Gasteiger partial charge on any atom is 0.433 e. The van der Waals surface area contributed by atoms with E-state index in [0.717, 1.165) is 18.3 Å². The van der Waals surface area contributed by atoms with Crippen molar-refractivity contribution in [2.45, 2.75) is 11.1 Å². The van der Waals surface area contributed by atoms with Crippen molar-refractivity contribution < 1.29 is 26.4 Å². The van der Waals surface area contributed by atoms with Crippen LogP contribution in [0.1, 0.15) is 16.1 Å². The summed E-state index contributed by atoms with van der Waals surface area (Å²) in [5, 5.41) is 0.0276. The van der Waals surface area contributed by atoms with Gasteiger partial charge in [0, 0.05) is 32.4 Å². The number of halogens is 5. The lowest BCUT2D eigenvalue weighted by Gasteiger charge is -2.34. The average molecular weight is 468 g/mol. The predicted octanol–water partition coefficient (Wildman–Crippen LogP) is 3.55. The van der Waals surface area contributed by atoms with Crippen molar-refractivity contribution in [2.24, 2.45) is 0 Å². The summed E-state index contributed by atoms with van der Waals surface area (Å²) >= 11 is 11.9. The maximum atomic E-state index is 12.8. The van der Waals surface area contributed by atoms with Gasteiger partial charge in [0.05, 0.1) is 15.6 Å². The van der Waals surface area contributed by atoms with Gasteiger partial charge in [0.2, 0.25) is 10.0 Å². The van der Waals surface area contributed by atoms with Crippen molar-refractivity contribution in [1.29, 1.82) is 0 Å². The second kappa shape index (κ2) is 8.10. The molecular weight excluding hydrogens is 454 g/mol. The molecule has 3 rings (SSSR count). The number of aromatic nitrogens is 1. The summed E-state index contributed by atoms with van der Waals surface area (Å²) < 4.78 is 64.5. The third kappa shape index (κ3) is 4.50. The lowest BCUT2D eigenvalue weighted by molar-refractivity contribution is -0.141. The lowest BCUT2D eigenvalue weighted by atomic mass is 10.2. The molecule has 0 bridgehead atoms. The Morgan fingerprint density at radius 1 is 1.03 bits per heavy atom. The number of hydrogen-bond acceptors (Lipinski definition) is 4. The van der Waals surface area contributed by atoms with Crippen LogP contribution in [0, 0.1) is 0 Å². The number of nitrogens with zero attached hydrogens (tertiary/aromatic N) is 3. The van der Waals surface area contributed by atoms with Crippen molar-refractivity contribution in [3.05, 3.63) is 57.8 Å². The quantitative estimate of drug-likeness (QED) is 0.691. The van der Waals surface area contributed by atoms with Gasteiger partial charge in [-0.3, -0.25) is 9.78 Å². The SMILES string of the molecule is O=C(c1ccc(C(F)(F)F)nc1)N1CCN(S(=O)(=O)c2cccc(Cl)c2Cl)CC1. The van der Waals surface area contributed by atoms with Crippen molar-refractivity contribution in [3.63, 3.8) is 0 Å². The van der Waals surface area contributed by atoms with E-state index in [9.17, 15) is 26.4 Å². The second-order valence-electron chi connectivity index (χ2n) is 6.18. The van der Waals surface area contributed by atoms with Crippen LogP contribution in [0.4, 0.5) is 13.2 Å². The number of pyridine rings is 1. The molecule has 0 spiro atoms. The fraction of sp³-hybridized carbons (Fsp3) is 0.294. The minimum absolute atomic E-state index is 0.00494. The van der Waals surface area contributed by atoms with Crippen molar-refractivity contribution in [3.8, 4) is 0 Å². The molecule has 2 heterocycles. The number of piperazine rings is 1. The standard InChI is InChI=1S/C17H14Cl2F3N3O3S/c18-12-2-1-3-13(15(12)19)29(27,28)25-8-6-24(7-9-25)16(26)11-4-5-14(23-10-11)17(20,21)22/h1-5,10H,6-9H2. The molecule has 0 aliphatic carbocycles. The Morgan fingerprint density at radius 3 is 2.24 bits per heavy atom. The Kier molecular flexibility index (Phi) is 6.09. The molecule has 2 aromatic rings. The summed E-state index contributed by atoms with van der Waals surface area (Å²) in [6.45, 7) is 0.143. The Labute approximate surface area is 174 Å². The number of hydrogen-bond donors (Lipinski definition) is 0. The molecule has 156 valence electrons. The van der Waals surface area contributed by atoms with Crippen LogP contribution in [0.25, 0.3) is 0 Å². The largest absolute Gasteiger partial charge is 0.433 e. The van der Waals surface area contributed by atoms with Gasteiger partial charge in [-0.15, -0.1) is 0 Å². The molecular formula is C17H14Cl2F3N3O3S. The molecule has 1 aromatic carbocycles. The van der Waals surface area contributed by atoms with Gasteiger partial charge < -0.3 is 4.90 Å². The number of amides is 1. The van der Waals surface area contributed by atoms with Crippen LogP contribution in [-0.2, 0) is 16.2 Å². The van der Waals surface area contributed by atoms with E-state index in [1.807, 2.05) is 0 Å². The molecule has 1 aliphatic rings. The second-order valence-corrected chi connectivity index (χ2v) is 8.87. The molecule has 0 unspecified atom stereocenters. The molecule has 6 nitrogen and oxygen atoms in total. The number of benzene rings is 1. The van der Waals surface area contributed by atoms with E-state index in [4.69, 9.17) is 23.2 Å². The van der Waals surface area contributed by atoms with E-state index in [-0.39, 0.29) is 46.7 Å². The third-order valence-corrected chi connectivity index (χ3v) is 7.23. The topological polar surface area (TPSA) is 70.6 Å². The van der Waals surface area contributed by atoms with E-state index >= 15 is 0 Å². The van der Waals surface area contributed by atoms with Crippen LogP contribution in [-0.4, -0.2) is 54.7 Å². The van der Waals surface area contributed by atoms with Crippen molar-refractivity contribution >= 4 is 39.1 Å². The molecule has 29 heavy (non-hydrogen) atoms. The van der Waals surface area contributed by atoms with E-state index in [2.05, 4.69) is 4.98 Å². The van der Waals surface area contributed by atoms with Gasteiger partial charge in [-0.25, -0.2) is 8.42 Å². The summed E-state index contributed by atoms with van der Waals surface area (Å²) in [5.74, 6) is -0.524. The van der Waals surface area contributed by atoms with E-state index in [1.165, 1.54) is 27.4 Å². The van der Waals surface area contributed by atoms with E-state index in [0.29, 0.717) is 0 Å². The van der Waals surface area contributed by atoms with Gasteiger partial charge in [-0.1, -0.05) is 29.3 Å². The number of alkyl halides is 3. The van der Waals surface area contributed by atoms with E-state index < -0.39 is 27.8 Å². The number of sulfonamides is 1. The highest BCUT2D eigenvalue weighted by atomic mass is 35.5. The van der Waals surface area contributed by atoms with Crippen LogP contribution in [0.2, 0.25) is 10.0 Å². The molecule has 1 amide bonds. The van der Waals surface area contributed by atoms with Crippen LogP contribution in [0.3, 0.4) is 0 Å². The highest BCUT2D eigenvalue weighted by molar-refractivity contribution is 7.89. The first-order valence-corrected chi connectivity index (χ1v) is 10.5. The number of carbonyl (C=O) groups is 1. The highest BCUT2D eigenvalue weighted by Gasteiger charge is 2.34. The fourth-order valence-electron chi connectivity index (χ4n) is 2.82. The summed E-state index contributed by atoms with van der Waals surface area (Å²) in [4.78, 5) is 17.0. The molecule has 0 radical (unpaired) electrons. The molecule has 12 heteroatoms. The third-order valence-electron chi connectivity index (χ3n) is 4.36. The summed E-state index contributed by atoms with van der Waals surface area (Å²) in [7, 11) is -3.91. The van der Waals surface area contributed by atoms with Gasteiger partial charge >= 0.3 is 6.18 Å². The van der Waals surface area contributed by atoms with Crippen LogP contribution in [0.15, 0.2) is 41.4 Å². The first-order valence-electron chi connectivity index (χ1n) is 8.28. The minimum atomic E-state index is -4.59. The Balaban J connectivity index is 1.70. The van der Waals surface area contributed by atoms with Crippen LogP contribution in [0.5, 0.6) is 0 Å². The number of carbonyl (C=O) groups excluding carboxylic acids is 1. The zero-order valence-electron chi connectivity index (χ0n) is 14.7. The number of rotatable bonds is 3. The molecule has 0 atom stereocenters. The lowest BCUT2D eigenvalue weighted by Crippen LogP contribution is -2.50. The van der Waals surface area contributed by atoms with Gasteiger partial charge in [-0.2, -0.15) is 17.5 Å². The van der Waals surface area contributed by atoms with Crippen molar-refractivity contribution in [1.82, 2.24) is 14.2 Å². The zero-order chi connectivity index (χ0) is 21.4. The Bertz CT molecular complexity index is 1020. The van der Waals surface area contributed by atoms with E-state index in [1.54, 1.807) is 0 Å². The average Bonchev–Trinajstić information content (AvgIpc) is 2.69. The molecule has 1 aliphatic heterocycles. The highest BCUT2D eigenvalue weighted by Crippen LogP contribution is 2.31. The predicted molar refractivity (Wildman–Crippen MR) is 100 cm³/mol. The Hall–Kier alpha value is -1.88. The first-order chi connectivity index (χ1) is 13.5. The smallest absolute Gasteiger partial charge is 0.336 e. The van der Waals surface area contributed by atoms with Gasteiger partial charge in [0.15, 0.2) is 0 Å². The monoisotopic (exact) mass is 467 g/mol. The van der Waals surface area contributed by atoms with Crippen LogP contribution >= 0.6 is 23.2 Å². The van der Waals surface area contributed by atoms with Gasteiger partial charge in [-0.05, 0) is 24.3 Å². The maximum absolute atomic E-state index is 12.8. The van der Waals surface area contributed by atoms with Gasteiger partial charge in [0.25, 0.3) is 5.91 Å². The van der Waals surface area contributed by atoms with Crippen LogP contribution < -0.4 is 0 Å². The van der Waals surface area contributed by atoms with Gasteiger partial charge in [0.1, 0.15) is 10.6 Å². The zero-order valence-corrected chi connectivity index (χ0v) is 17.0. The molecule has 0 N–H and O–H groups in total. The minimum Gasteiger partial charge on any atom is -0.336 e. The summed E-state index contributed by atoms with van der Waals surface area (Å²) in [5.41, 5.74) is -1.10. The fourth-order valence-corrected chi connectivity index (χ4v) is 4.98. The molecule has 0 saturated carbocycles. The molecule has 1 saturated heterocycles. The Morgan fingerprint density at radius 2 is 1.69 bits per heavy atom. The first kappa shape index (κ1) is 21.8. The van der Waals surface area contributed by atoms with Crippen molar-refractivity contribution in [2.75, 3.05) is 26.2 Å². The molecule has 1 aromatic heterocycles. The molecule has 1 fully saturated rings.